The van der Waals surface area contributed by atoms with Crippen LogP contribution in [-0.2, 0) is 0 Å². The first-order valence-corrected chi connectivity index (χ1v) is 7.52. The average Bonchev–Trinajstić information content (AvgIpc) is 2.84. The number of fused-ring (bicyclic) bond motifs is 1. The number of benzene rings is 1. The third kappa shape index (κ3) is 2.30. The van der Waals surface area contributed by atoms with E-state index in [1.165, 1.54) is 24.6 Å². The van der Waals surface area contributed by atoms with Crippen LogP contribution >= 0.6 is 0 Å². The number of anilines is 1. The van der Waals surface area contributed by atoms with Crippen molar-refractivity contribution < 1.29 is 8.78 Å². The first-order valence-electron chi connectivity index (χ1n) is 7.52. The summed E-state index contributed by atoms with van der Waals surface area (Å²) >= 11 is 0. The minimum atomic E-state index is -0.443. The minimum absolute atomic E-state index is 0.165. The Bertz CT molecular complexity index is 469. The van der Waals surface area contributed by atoms with E-state index in [4.69, 9.17) is 0 Å². The molecule has 1 aromatic rings. The van der Waals surface area contributed by atoms with Crippen molar-refractivity contribution in [3.05, 3.63) is 29.8 Å². The molecule has 2 nitrogen and oxygen atoms in total. The number of piperazine rings is 1. The van der Waals surface area contributed by atoms with Crippen LogP contribution in [0.3, 0.4) is 0 Å². The van der Waals surface area contributed by atoms with Crippen molar-refractivity contribution in [3.63, 3.8) is 0 Å². The lowest BCUT2D eigenvalue weighted by atomic mass is 9.96. The summed E-state index contributed by atoms with van der Waals surface area (Å²) in [7, 11) is 0. The van der Waals surface area contributed by atoms with Gasteiger partial charge in [0.25, 0.3) is 0 Å². The van der Waals surface area contributed by atoms with Gasteiger partial charge in [-0.15, -0.1) is 0 Å². The van der Waals surface area contributed by atoms with Gasteiger partial charge in [0, 0.05) is 25.2 Å². The zero-order valence-electron chi connectivity index (χ0n) is 12.1. The Morgan fingerprint density at radius 2 is 1.85 bits per heavy atom. The first-order chi connectivity index (χ1) is 9.58. The van der Waals surface area contributed by atoms with Crippen LogP contribution in [0, 0.1) is 17.6 Å². The largest absolute Gasteiger partial charge is 0.361 e. The molecule has 2 aliphatic heterocycles. The maximum Gasteiger partial charge on any atom is 0.149 e. The van der Waals surface area contributed by atoms with Gasteiger partial charge in [0.15, 0.2) is 0 Å². The number of nitrogens with zero attached hydrogens (tertiary/aromatic N) is 2. The molecule has 2 unspecified atom stereocenters. The van der Waals surface area contributed by atoms with E-state index in [0.717, 1.165) is 26.1 Å². The lowest BCUT2D eigenvalue weighted by Gasteiger charge is -2.46. The van der Waals surface area contributed by atoms with E-state index in [1.807, 2.05) is 4.90 Å². The summed E-state index contributed by atoms with van der Waals surface area (Å²) in [5.41, 5.74) is 0.165. The molecule has 4 heteroatoms. The minimum Gasteiger partial charge on any atom is -0.361 e. The van der Waals surface area contributed by atoms with E-state index in [2.05, 4.69) is 18.7 Å². The second-order valence-corrected chi connectivity index (χ2v) is 6.32. The second kappa shape index (κ2) is 5.32. The zero-order chi connectivity index (χ0) is 14.3. The smallest absolute Gasteiger partial charge is 0.149 e. The lowest BCUT2D eigenvalue weighted by molar-refractivity contribution is 0.175. The van der Waals surface area contributed by atoms with E-state index in [1.54, 1.807) is 0 Å². The number of para-hydroxylation sites is 1. The quantitative estimate of drug-likeness (QED) is 0.820. The molecule has 0 radical (unpaired) electrons. The molecular weight excluding hydrogens is 258 g/mol. The summed E-state index contributed by atoms with van der Waals surface area (Å²) in [5.74, 6) is -0.514. The molecule has 2 heterocycles. The molecule has 2 fully saturated rings. The van der Waals surface area contributed by atoms with Crippen molar-refractivity contribution in [2.24, 2.45) is 5.92 Å². The third-order valence-electron chi connectivity index (χ3n) is 4.72. The summed E-state index contributed by atoms with van der Waals surface area (Å²) < 4.78 is 28.2. The van der Waals surface area contributed by atoms with Gasteiger partial charge >= 0.3 is 0 Å². The van der Waals surface area contributed by atoms with E-state index in [9.17, 15) is 8.78 Å². The molecule has 3 rings (SSSR count). The maximum atomic E-state index is 14.1. The monoisotopic (exact) mass is 280 g/mol. The van der Waals surface area contributed by atoms with Crippen molar-refractivity contribution >= 4 is 5.69 Å². The Hall–Kier alpha value is -1.16. The molecular formula is C16H22F2N2. The van der Waals surface area contributed by atoms with Gasteiger partial charge in [0.05, 0.1) is 0 Å². The third-order valence-corrected chi connectivity index (χ3v) is 4.72. The molecule has 0 aromatic heterocycles. The Morgan fingerprint density at radius 3 is 2.50 bits per heavy atom. The predicted octanol–water partition coefficient (Wildman–Crippen LogP) is 3.27. The molecule has 0 N–H and O–H groups in total. The normalized spacial score (nSPS) is 27.1. The molecule has 0 amide bonds. The van der Waals surface area contributed by atoms with E-state index in [-0.39, 0.29) is 11.7 Å². The topological polar surface area (TPSA) is 6.48 Å². The fraction of sp³-hybridized carbons (Fsp3) is 0.625. The number of hydrogen-bond donors (Lipinski definition) is 0. The van der Waals surface area contributed by atoms with Crippen LogP contribution in [0.2, 0.25) is 0 Å². The molecule has 1 aromatic carbocycles. The van der Waals surface area contributed by atoms with Gasteiger partial charge < -0.3 is 4.90 Å². The highest BCUT2D eigenvalue weighted by Crippen LogP contribution is 2.34. The van der Waals surface area contributed by atoms with Crippen LogP contribution in [0.4, 0.5) is 14.5 Å². The fourth-order valence-electron chi connectivity index (χ4n) is 3.63. The van der Waals surface area contributed by atoms with E-state index in [0.29, 0.717) is 12.0 Å². The number of rotatable bonds is 2. The Morgan fingerprint density at radius 1 is 1.15 bits per heavy atom. The molecule has 2 aliphatic rings. The molecule has 0 saturated carbocycles. The highest BCUT2D eigenvalue weighted by atomic mass is 19.1. The van der Waals surface area contributed by atoms with Crippen molar-refractivity contribution in [1.29, 1.82) is 0 Å². The Kier molecular flexibility index (Phi) is 3.67. The fourth-order valence-corrected chi connectivity index (χ4v) is 3.63. The molecule has 20 heavy (non-hydrogen) atoms. The average molecular weight is 280 g/mol. The van der Waals surface area contributed by atoms with Crippen LogP contribution in [-0.4, -0.2) is 36.6 Å². The summed E-state index contributed by atoms with van der Waals surface area (Å²) in [5, 5.41) is 0. The Labute approximate surface area is 119 Å². The van der Waals surface area contributed by atoms with Crippen molar-refractivity contribution in [1.82, 2.24) is 4.90 Å². The van der Waals surface area contributed by atoms with Gasteiger partial charge in [-0.3, -0.25) is 4.90 Å². The van der Waals surface area contributed by atoms with Gasteiger partial charge in [-0.2, -0.15) is 0 Å². The van der Waals surface area contributed by atoms with Crippen LogP contribution < -0.4 is 4.90 Å². The number of halogens is 2. The molecule has 0 spiro atoms. The SMILES string of the molecule is CC(C)C1CN2CCCC2CN1c1c(F)cccc1F. The maximum absolute atomic E-state index is 14.1. The second-order valence-electron chi connectivity index (χ2n) is 6.32. The molecule has 2 saturated heterocycles. The Balaban J connectivity index is 1.96. The van der Waals surface area contributed by atoms with Crippen molar-refractivity contribution in [3.8, 4) is 0 Å². The van der Waals surface area contributed by atoms with Crippen LogP contribution in [0.1, 0.15) is 26.7 Å². The van der Waals surface area contributed by atoms with Gasteiger partial charge in [0.2, 0.25) is 0 Å². The summed E-state index contributed by atoms with van der Waals surface area (Å²) in [6.07, 6.45) is 2.33. The zero-order valence-corrected chi connectivity index (χ0v) is 12.1. The summed E-state index contributed by atoms with van der Waals surface area (Å²) in [4.78, 5) is 4.46. The summed E-state index contributed by atoms with van der Waals surface area (Å²) in [6.45, 7) is 7.04. The highest BCUT2D eigenvalue weighted by molar-refractivity contribution is 5.51. The molecule has 110 valence electrons. The predicted molar refractivity (Wildman–Crippen MR) is 76.9 cm³/mol. The van der Waals surface area contributed by atoms with Gasteiger partial charge in [-0.25, -0.2) is 8.78 Å². The van der Waals surface area contributed by atoms with Crippen molar-refractivity contribution in [2.75, 3.05) is 24.5 Å². The van der Waals surface area contributed by atoms with Crippen LogP contribution in [0.5, 0.6) is 0 Å². The molecule has 0 bridgehead atoms. The highest BCUT2D eigenvalue weighted by Gasteiger charge is 2.39. The lowest BCUT2D eigenvalue weighted by Crippen LogP contribution is -2.58. The van der Waals surface area contributed by atoms with Gasteiger partial charge in [-0.1, -0.05) is 19.9 Å². The molecule has 2 atom stereocenters. The summed E-state index contributed by atoms with van der Waals surface area (Å²) in [6, 6.07) is 4.78. The van der Waals surface area contributed by atoms with Crippen LogP contribution in [0.25, 0.3) is 0 Å². The van der Waals surface area contributed by atoms with Gasteiger partial charge in [-0.05, 0) is 37.4 Å². The van der Waals surface area contributed by atoms with Crippen LogP contribution in [0.15, 0.2) is 18.2 Å². The van der Waals surface area contributed by atoms with Gasteiger partial charge in [0.1, 0.15) is 17.3 Å². The van der Waals surface area contributed by atoms with Crippen molar-refractivity contribution in [2.45, 2.75) is 38.8 Å². The molecule has 0 aliphatic carbocycles. The van der Waals surface area contributed by atoms with E-state index < -0.39 is 11.6 Å². The first kappa shape index (κ1) is 13.8. The standard InChI is InChI=1S/C16H22F2N2/c1-11(2)15-10-19-8-4-5-12(19)9-20(15)16-13(17)6-3-7-14(16)18/h3,6-7,11-12,15H,4-5,8-10H2,1-2H3. The number of hydrogen-bond acceptors (Lipinski definition) is 2. The van der Waals surface area contributed by atoms with E-state index >= 15 is 0 Å².